The molecule has 0 aliphatic carbocycles. The van der Waals surface area contributed by atoms with Gasteiger partial charge in [0.25, 0.3) is 0 Å². The molecule has 2 rings (SSSR count). The lowest BCUT2D eigenvalue weighted by Gasteiger charge is -2.12. The van der Waals surface area contributed by atoms with Crippen molar-refractivity contribution in [1.29, 1.82) is 0 Å². The molecular weight excluding hydrogens is 242 g/mol. The number of rotatable bonds is 5. The maximum absolute atomic E-state index is 10.9. The highest BCUT2D eigenvalue weighted by molar-refractivity contribution is 5.89. The van der Waals surface area contributed by atoms with Crippen LogP contribution in [0, 0.1) is 0 Å². The molecule has 0 saturated heterocycles. The molecule has 0 aliphatic heterocycles. The predicted molar refractivity (Wildman–Crippen MR) is 74.3 cm³/mol. The van der Waals surface area contributed by atoms with E-state index in [9.17, 15) is 4.79 Å². The van der Waals surface area contributed by atoms with Crippen molar-refractivity contribution in [3.05, 3.63) is 54.1 Å². The van der Waals surface area contributed by atoms with Crippen LogP contribution in [0.2, 0.25) is 0 Å². The molecule has 0 atom stereocenters. The van der Waals surface area contributed by atoms with Gasteiger partial charge in [0.2, 0.25) is 0 Å². The van der Waals surface area contributed by atoms with Crippen molar-refractivity contribution < 1.29 is 14.6 Å². The summed E-state index contributed by atoms with van der Waals surface area (Å²) >= 11 is 0. The van der Waals surface area contributed by atoms with Crippen LogP contribution >= 0.6 is 0 Å². The SMILES string of the molecule is CCOc1ccccc1Nc1cccc(C(=O)O)c1. The lowest BCUT2D eigenvalue weighted by atomic mass is 10.2. The summed E-state index contributed by atoms with van der Waals surface area (Å²) in [6.45, 7) is 2.50. The van der Waals surface area contributed by atoms with Gasteiger partial charge in [-0.15, -0.1) is 0 Å². The minimum Gasteiger partial charge on any atom is -0.492 e. The summed E-state index contributed by atoms with van der Waals surface area (Å²) in [7, 11) is 0. The Morgan fingerprint density at radius 3 is 2.74 bits per heavy atom. The summed E-state index contributed by atoms with van der Waals surface area (Å²) in [4.78, 5) is 10.9. The van der Waals surface area contributed by atoms with Crippen molar-refractivity contribution in [3.63, 3.8) is 0 Å². The Balaban J connectivity index is 2.26. The van der Waals surface area contributed by atoms with E-state index in [4.69, 9.17) is 9.84 Å². The summed E-state index contributed by atoms with van der Waals surface area (Å²) < 4.78 is 5.51. The third-order valence-corrected chi connectivity index (χ3v) is 2.58. The van der Waals surface area contributed by atoms with Crippen molar-refractivity contribution in [3.8, 4) is 5.75 Å². The van der Waals surface area contributed by atoms with E-state index < -0.39 is 5.97 Å². The molecule has 0 bridgehead atoms. The van der Waals surface area contributed by atoms with Gasteiger partial charge in [-0.1, -0.05) is 18.2 Å². The third-order valence-electron chi connectivity index (χ3n) is 2.58. The van der Waals surface area contributed by atoms with Crippen molar-refractivity contribution in [2.75, 3.05) is 11.9 Å². The molecule has 2 aromatic carbocycles. The highest BCUT2D eigenvalue weighted by Gasteiger charge is 2.05. The number of para-hydroxylation sites is 2. The van der Waals surface area contributed by atoms with Gasteiger partial charge in [0, 0.05) is 5.69 Å². The molecule has 2 N–H and O–H groups in total. The topological polar surface area (TPSA) is 58.6 Å². The minimum absolute atomic E-state index is 0.249. The van der Waals surface area contributed by atoms with E-state index in [-0.39, 0.29) is 5.56 Å². The normalized spacial score (nSPS) is 9.95. The quantitative estimate of drug-likeness (QED) is 0.860. The van der Waals surface area contributed by atoms with Crippen molar-refractivity contribution in [2.24, 2.45) is 0 Å². The van der Waals surface area contributed by atoms with Crippen molar-refractivity contribution in [2.45, 2.75) is 6.92 Å². The Kier molecular flexibility index (Phi) is 4.03. The van der Waals surface area contributed by atoms with E-state index in [0.29, 0.717) is 12.3 Å². The number of benzene rings is 2. The maximum Gasteiger partial charge on any atom is 0.335 e. The predicted octanol–water partition coefficient (Wildman–Crippen LogP) is 3.53. The fourth-order valence-electron chi connectivity index (χ4n) is 1.74. The van der Waals surface area contributed by atoms with Crippen LogP contribution in [0.3, 0.4) is 0 Å². The average Bonchev–Trinajstić information content (AvgIpc) is 2.41. The number of aromatic carboxylic acids is 1. The van der Waals surface area contributed by atoms with Gasteiger partial charge >= 0.3 is 5.97 Å². The fourth-order valence-corrected chi connectivity index (χ4v) is 1.74. The van der Waals surface area contributed by atoms with E-state index in [1.54, 1.807) is 18.2 Å². The first-order valence-electron chi connectivity index (χ1n) is 6.03. The zero-order valence-corrected chi connectivity index (χ0v) is 10.6. The summed E-state index contributed by atoms with van der Waals surface area (Å²) in [6, 6.07) is 14.2. The molecule has 19 heavy (non-hydrogen) atoms. The summed E-state index contributed by atoms with van der Waals surface area (Å²) in [5, 5.41) is 12.1. The second-order valence-electron chi connectivity index (χ2n) is 3.94. The first kappa shape index (κ1) is 13.0. The van der Waals surface area contributed by atoms with Crippen LogP contribution < -0.4 is 10.1 Å². The standard InChI is InChI=1S/C15H15NO3/c1-2-19-14-9-4-3-8-13(14)16-12-7-5-6-11(10-12)15(17)18/h3-10,16H,2H2,1H3,(H,17,18). The fraction of sp³-hybridized carbons (Fsp3) is 0.133. The minimum atomic E-state index is -0.943. The molecule has 0 amide bonds. The van der Waals surface area contributed by atoms with E-state index in [0.717, 1.165) is 11.4 Å². The van der Waals surface area contributed by atoms with Crippen molar-refractivity contribution >= 4 is 17.3 Å². The van der Waals surface area contributed by atoms with Gasteiger partial charge in [-0.2, -0.15) is 0 Å². The summed E-state index contributed by atoms with van der Waals surface area (Å²) in [6.07, 6.45) is 0. The molecule has 4 nitrogen and oxygen atoms in total. The molecule has 4 heteroatoms. The number of anilines is 2. The number of nitrogens with one attached hydrogen (secondary N) is 1. The van der Waals surface area contributed by atoms with Crippen LogP contribution in [0.4, 0.5) is 11.4 Å². The molecule has 0 unspecified atom stereocenters. The zero-order chi connectivity index (χ0) is 13.7. The van der Waals surface area contributed by atoms with Crippen LogP contribution in [0.1, 0.15) is 17.3 Å². The Labute approximate surface area is 111 Å². The first-order valence-corrected chi connectivity index (χ1v) is 6.03. The Bertz CT molecular complexity index is 581. The van der Waals surface area contributed by atoms with Crippen LogP contribution in [0.15, 0.2) is 48.5 Å². The van der Waals surface area contributed by atoms with E-state index in [1.807, 2.05) is 37.3 Å². The zero-order valence-electron chi connectivity index (χ0n) is 10.6. The molecule has 0 spiro atoms. The Morgan fingerprint density at radius 2 is 2.00 bits per heavy atom. The van der Waals surface area contributed by atoms with Gasteiger partial charge in [-0.3, -0.25) is 0 Å². The Morgan fingerprint density at radius 1 is 1.21 bits per heavy atom. The van der Waals surface area contributed by atoms with Crippen LogP contribution in [0.5, 0.6) is 5.75 Å². The molecular formula is C15H15NO3. The first-order chi connectivity index (χ1) is 9.20. The number of hydrogen-bond donors (Lipinski definition) is 2. The third kappa shape index (κ3) is 3.25. The van der Waals surface area contributed by atoms with E-state index in [2.05, 4.69) is 5.32 Å². The average molecular weight is 257 g/mol. The van der Waals surface area contributed by atoms with Gasteiger partial charge in [-0.25, -0.2) is 4.79 Å². The van der Waals surface area contributed by atoms with E-state index >= 15 is 0 Å². The molecule has 0 aromatic heterocycles. The molecule has 0 heterocycles. The number of hydrogen-bond acceptors (Lipinski definition) is 3. The van der Waals surface area contributed by atoms with Crippen LogP contribution in [0.25, 0.3) is 0 Å². The molecule has 0 saturated carbocycles. The molecule has 0 aliphatic rings. The van der Waals surface area contributed by atoms with Crippen LogP contribution in [-0.4, -0.2) is 17.7 Å². The smallest absolute Gasteiger partial charge is 0.335 e. The lowest BCUT2D eigenvalue weighted by molar-refractivity contribution is 0.0697. The van der Waals surface area contributed by atoms with Crippen molar-refractivity contribution in [1.82, 2.24) is 0 Å². The number of ether oxygens (including phenoxy) is 1. The Hall–Kier alpha value is -2.49. The lowest BCUT2D eigenvalue weighted by Crippen LogP contribution is -2.00. The van der Waals surface area contributed by atoms with E-state index in [1.165, 1.54) is 0 Å². The maximum atomic E-state index is 10.9. The van der Waals surface area contributed by atoms with Crippen LogP contribution in [-0.2, 0) is 0 Å². The monoisotopic (exact) mass is 257 g/mol. The number of carbonyl (C=O) groups is 1. The highest BCUT2D eigenvalue weighted by Crippen LogP contribution is 2.27. The highest BCUT2D eigenvalue weighted by atomic mass is 16.5. The van der Waals surface area contributed by atoms with Gasteiger partial charge < -0.3 is 15.2 Å². The molecule has 0 fully saturated rings. The molecule has 0 radical (unpaired) electrons. The van der Waals surface area contributed by atoms with Gasteiger partial charge in [0.15, 0.2) is 0 Å². The summed E-state index contributed by atoms with van der Waals surface area (Å²) in [5.74, 6) is -0.201. The van der Waals surface area contributed by atoms with Gasteiger partial charge in [0.1, 0.15) is 5.75 Å². The number of carboxylic acid groups (broad SMARTS) is 1. The largest absolute Gasteiger partial charge is 0.492 e. The second kappa shape index (κ2) is 5.91. The molecule has 98 valence electrons. The number of carboxylic acids is 1. The molecule has 2 aromatic rings. The van der Waals surface area contributed by atoms with Gasteiger partial charge in [0.05, 0.1) is 17.9 Å². The van der Waals surface area contributed by atoms with Gasteiger partial charge in [-0.05, 0) is 37.3 Å². The summed E-state index contributed by atoms with van der Waals surface area (Å²) in [5.41, 5.74) is 1.78. The second-order valence-corrected chi connectivity index (χ2v) is 3.94.